The fourth-order valence-corrected chi connectivity index (χ4v) is 1.30. The van der Waals surface area contributed by atoms with E-state index in [-0.39, 0.29) is 0 Å². The van der Waals surface area contributed by atoms with E-state index in [1.807, 2.05) is 12.3 Å². The quantitative estimate of drug-likeness (QED) is 0.716. The van der Waals surface area contributed by atoms with Crippen LogP contribution in [0.1, 0.15) is 32.9 Å². The lowest BCUT2D eigenvalue weighted by atomic mass is 10.0. The van der Waals surface area contributed by atoms with Gasteiger partial charge in [-0.25, -0.2) is 0 Å². The number of H-pyrrole nitrogens is 1. The van der Waals surface area contributed by atoms with Crippen LogP contribution in [0.2, 0.25) is 0 Å². The van der Waals surface area contributed by atoms with Gasteiger partial charge in [-0.05, 0) is 25.0 Å². The van der Waals surface area contributed by atoms with Crippen molar-refractivity contribution < 1.29 is 0 Å². The molecule has 0 aliphatic rings. The summed E-state index contributed by atoms with van der Waals surface area (Å²) in [6.45, 7) is 7.71. The zero-order valence-electron chi connectivity index (χ0n) is 8.80. The lowest BCUT2D eigenvalue weighted by molar-refractivity contribution is 0.388. The maximum Gasteiger partial charge on any atom is 0.0359 e. The molecule has 2 heteroatoms. The number of hydrogen-bond acceptors (Lipinski definition) is 1. The Morgan fingerprint density at radius 1 is 1.46 bits per heavy atom. The lowest BCUT2D eigenvalue weighted by Crippen LogP contribution is -2.31. The van der Waals surface area contributed by atoms with Crippen molar-refractivity contribution in [1.82, 2.24) is 10.3 Å². The van der Waals surface area contributed by atoms with Gasteiger partial charge < -0.3 is 10.3 Å². The van der Waals surface area contributed by atoms with Crippen LogP contribution >= 0.6 is 0 Å². The minimum Gasteiger partial charge on any atom is -0.364 e. The van der Waals surface area contributed by atoms with Gasteiger partial charge in [0.15, 0.2) is 0 Å². The molecule has 0 saturated carbocycles. The Labute approximate surface area is 80.7 Å². The molecule has 0 aromatic carbocycles. The molecule has 0 fully saturated rings. The van der Waals surface area contributed by atoms with Gasteiger partial charge in [-0.3, -0.25) is 0 Å². The van der Waals surface area contributed by atoms with Crippen LogP contribution in [0.15, 0.2) is 18.3 Å². The molecular formula is C11H20N2. The summed E-state index contributed by atoms with van der Waals surface area (Å²) in [4.78, 5) is 3.19. The maximum atomic E-state index is 3.50. The van der Waals surface area contributed by atoms with Gasteiger partial charge in [-0.15, -0.1) is 0 Å². The maximum absolute atomic E-state index is 3.50. The predicted octanol–water partition coefficient (Wildman–Crippen LogP) is 2.54. The Balaban J connectivity index is 2.26. The molecule has 2 unspecified atom stereocenters. The normalized spacial score (nSPS) is 15.6. The lowest BCUT2D eigenvalue weighted by Gasteiger charge is -2.19. The van der Waals surface area contributed by atoms with Crippen molar-refractivity contribution in [3.05, 3.63) is 24.0 Å². The van der Waals surface area contributed by atoms with E-state index in [0.29, 0.717) is 6.04 Å². The third-order valence-electron chi connectivity index (χ3n) is 2.77. The molecule has 2 nitrogen and oxygen atoms in total. The Kier molecular flexibility index (Phi) is 4.03. The zero-order chi connectivity index (χ0) is 9.68. The average molecular weight is 180 g/mol. The van der Waals surface area contributed by atoms with E-state index < -0.39 is 0 Å². The molecule has 13 heavy (non-hydrogen) atoms. The number of aromatic amines is 1. The van der Waals surface area contributed by atoms with E-state index >= 15 is 0 Å². The van der Waals surface area contributed by atoms with Crippen molar-refractivity contribution in [1.29, 1.82) is 0 Å². The minimum absolute atomic E-state index is 0.591. The zero-order valence-corrected chi connectivity index (χ0v) is 8.80. The fraction of sp³-hybridized carbons (Fsp3) is 0.636. The second kappa shape index (κ2) is 5.07. The first-order valence-corrected chi connectivity index (χ1v) is 5.09. The molecule has 0 aliphatic heterocycles. The van der Waals surface area contributed by atoms with E-state index in [2.05, 4.69) is 37.1 Å². The van der Waals surface area contributed by atoms with Crippen molar-refractivity contribution in [3.63, 3.8) is 0 Å². The van der Waals surface area contributed by atoms with Gasteiger partial charge in [0.1, 0.15) is 0 Å². The highest BCUT2D eigenvalue weighted by atomic mass is 14.9. The Morgan fingerprint density at radius 2 is 2.23 bits per heavy atom. The number of rotatable bonds is 5. The molecule has 0 bridgehead atoms. The van der Waals surface area contributed by atoms with E-state index in [4.69, 9.17) is 0 Å². The van der Waals surface area contributed by atoms with Gasteiger partial charge in [-0.1, -0.05) is 20.3 Å². The second-order valence-electron chi connectivity index (χ2n) is 3.75. The van der Waals surface area contributed by atoms with Crippen molar-refractivity contribution >= 4 is 0 Å². The number of nitrogens with one attached hydrogen (secondary N) is 2. The molecular weight excluding hydrogens is 160 g/mol. The first-order valence-electron chi connectivity index (χ1n) is 5.09. The summed E-state index contributed by atoms with van der Waals surface area (Å²) in [6, 6.07) is 4.73. The second-order valence-corrected chi connectivity index (χ2v) is 3.75. The molecule has 1 aromatic heterocycles. The largest absolute Gasteiger partial charge is 0.364 e. The molecule has 0 spiro atoms. The SMILES string of the molecule is CCC(C)C(C)NCc1ccc[nH]1. The highest BCUT2D eigenvalue weighted by Gasteiger charge is 2.08. The summed E-state index contributed by atoms with van der Waals surface area (Å²) in [7, 11) is 0. The van der Waals surface area contributed by atoms with Crippen LogP contribution in [0.25, 0.3) is 0 Å². The van der Waals surface area contributed by atoms with Crippen LogP contribution in [-0.2, 0) is 6.54 Å². The fourth-order valence-electron chi connectivity index (χ4n) is 1.30. The average Bonchev–Trinajstić information content (AvgIpc) is 2.65. The van der Waals surface area contributed by atoms with Gasteiger partial charge in [-0.2, -0.15) is 0 Å². The summed E-state index contributed by atoms with van der Waals surface area (Å²) in [5.74, 6) is 0.745. The molecule has 2 N–H and O–H groups in total. The summed E-state index contributed by atoms with van der Waals surface area (Å²) in [5.41, 5.74) is 1.26. The summed E-state index contributed by atoms with van der Waals surface area (Å²) in [6.07, 6.45) is 3.20. The van der Waals surface area contributed by atoms with Crippen molar-refractivity contribution in [3.8, 4) is 0 Å². The van der Waals surface area contributed by atoms with Crippen LogP contribution in [0, 0.1) is 5.92 Å². The van der Waals surface area contributed by atoms with E-state index in [0.717, 1.165) is 12.5 Å². The number of hydrogen-bond donors (Lipinski definition) is 2. The third kappa shape index (κ3) is 3.23. The van der Waals surface area contributed by atoms with Gasteiger partial charge in [0.05, 0.1) is 0 Å². The smallest absolute Gasteiger partial charge is 0.0359 e. The first-order chi connectivity index (χ1) is 6.24. The van der Waals surface area contributed by atoms with Gasteiger partial charge >= 0.3 is 0 Å². The first kappa shape index (κ1) is 10.3. The Hall–Kier alpha value is -0.760. The Morgan fingerprint density at radius 3 is 2.77 bits per heavy atom. The van der Waals surface area contributed by atoms with Crippen molar-refractivity contribution in [2.24, 2.45) is 5.92 Å². The van der Waals surface area contributed by atoms with Gasteiger partial charge in [0.2, 0.25) is 0 Å². The van der Waals surface area contributed by atoms with Crippen molar-refractivity contribution in [2.75, 3.05) is 0 Å². The van der Waals surface area contributed by atoms with Crippen LogP contribution in [0.4, 0.5) is 0 Å². The summed E-state index contributed by atoms with van der Waals surface area (Å²) < 4.78 is 0. The highest BCUT2D eigenvalue weighted by Crippen LogP contribution is 2.07. The Bertz CT molecular complexity index is 216. The van der Waals surface area contributed by atoms with Crippen LogP contribution < -0.4 is 5.32 Å². The molecule has 1 aromatic rings. The molecule has 1 rings (SSSR count). The molecule has 0 saturated heterocycles. The highest BCUT2D eigenvalue weighted by molar-refractivity contribution is 5.03. The third-order valence-corrected chi connectivity index (χ3v) is 2.77. The van der Waals surface area contributed by atoms with Crippen LogP contribution in [-0.4, -0.2) is 11.0 Å². The molecule has 0 aliphatic carbocycles. The summed E-state index contributed by atoms with van der Waals surface area (Å²) >= 11 is 0. The molecule has 1 heterocycles. The minimum atomic E-state index is 0.591. The topological polar surface area (TPSA) is 27.8 Å². The van der Waals surface area contributed by atoms with E-state index in [1.54, 1.807) is 0 Å². The van der Waals surface area contributed by atoms with Gasteiger partial charge in [0, 0.05) is 24.5 Å². The summed E-state index contributed by atoms with van der Waals surface area (Å²) in [5, 5.41) is 3.50. The van der Waals surface area contributed by atoms with Gasteiger partial charge in [0.25, 0.3) is 0 Å². The number of aromatic nitrogens is 1. The van der Waals surface area contributed by atoms with E-state index in [1.165, 1.54) is 12.1 Å². The standard InChI is InChI=1S/C11H20N2/c1-4-9(2)10(3)13-8-11-6-5-7-12-11/h5-7,9-10,12-13H,4,8H2,1-3H3. The van der Waals surface area contributed by atoms with Crippen LogP contribution in [0.5, 0.6) is 0 Å². The molecule has 0 amide bonds. The van der Waals surface area contributed by atoms with Crippen molar-refractivity contribution in [2.45, 2.75) is 39.8 Å². The molecule has 74 valence electrons. The molecule has 0 radical (unpaired) electrons. The van der Waals surface area contributed by atoms with Crippen LogP contribution in [0.3, 0.4) is 0 Å². The molecule has 2 atom stereocenters. The van der Waals surface area contributed by atoms with E-state index in [9.17, 15) is 0 Å². The predicted molar refractivity (Wildman–Crippen MR) is 56.5 cm³/mol. The monoisotopic (exact) mass is 180 g/mol.